The molecule has 3 aromatic carbocycles. The Hall–Kier alpha value is -4.80. The maximum atomic E-state index is 14.7. The molecule has 0 unspecified atom stereocenters. The predicted octanol–water partition coefficient (Wildman–Crippen LogP) is 5.37. The molecule has 6 atom stereocenters. The molecule has 4 heterocycles. The standard InChI is InChI=1S/C45H50N4O6/c1-55-32-12-13-34(38(50)24-32)39-33-14-15-35-40(44(53)48(42(35)51)30-16-20-46(21-17-30)26-28-8-4-2-5-9-28)36(33)25-37-41(39)45(54)49(43(37)52)31-18-22-47(23-19-31)27-29-10-6-3-7-11-29/h2-14,24,30-31,35-37,39-41,50H,15-23,25-27H2,1H3/t35-,36+,37+,39+,40-,41+/m0/s1. The minimum Gasteiger partial charge on any atom is -0.508 e. The number of carbonyl (C=O) groups is 4. The maximum absolute atomic E-state index is 14.7. The smallest absolute Gasteiger partial charge is 0.234 e. The van der Waals surface area contributed by atoms with Crippen LogP contribution >= 0.6 is 0 Å². The van der Waals surface area contributed by atoms with Gasteiger partial charge in [-0.1, -0.05) is 78.4 Å². The second-order valence-electron chi connectivity index (χ2n) is 16.5. The first kappa shape index (κ1) is 35.9. The number of carbonyl (C=O) groups excluding carboxylic acids is 4. The Bertz CT molecular complexity index is 1990. The number of ether oxygens (including phenoxy) is 1. The summed E-state index contributed by atoms with van der Waals surface area (Å²) in [6.07, 6.45) is 5.68. The summed E-state index contributed by atoms with van der Waals surface area (Å²) in [7, 11) is 1.54. The number of methoxy groups -OCH3 is 1. The molecule has 2 aliphatic carbocycles. The molecule has 10 heteroatoms. The summed E-state index contributed by atoms with van der Waals surface area (Å²) in [5.41, 5.74) is 3.96. The lowest BCUT2D eigenvalue weighted by Gasteiger charge is -2.44. The third-order valence-corrected chi connectivity index (χ3v) is 13.6. The number of rotatable bonds is 8. The highest BCUT2D eigenvalue weighted by atomic mass is 16.5. The molecule has 5 fully saturated rings. The van der Waals surface area contributed by atoms with Gasteiger partial charge in [-0.15, -0.1) is 0 Å². The number of hydrogen-bond acceptors (Lipinski definition) is 8. The van der Waals surface area contributed by atoms with E-state index in [4.69, 9.17) is 4.74 Å². The molecular weight excluding hydrogens is 693 g/mol. The third-order valence-electron chi connectivity index (χ3n) is 13.6. The van der Waals surface area contributed by atoms with E-state index in [1.54, 1.807) is 28.0 Å². The lowest BCUT2D eigenvalue weighted by Crippen LogP contribution is -2.48. The van der Waals surface area contributed by atoms with E-state index in [-0.39, 0.29) is 47.4 Å². The van der Waals surface area contributed by atoms with Crippen LogP contribution in [-0.4, -0.2) is 93.7 Å². The summed E-state index contributed by atoms with van der Waals surface area (Å²) in [6, 6.07) is 25.5. The van der Waals surface area contributed by atoms with E-state index >= 15 is 0 Å². The topological polar surface area (TPSA) is 111 Å². The Morgan fingerprint density at radius 1 is 0.636 bits per heavy atom. The molecule has 286 valence electrons. The molecule has 0 aromatic heterocycles. The van der Waals surface area contributed by atoms with Gasteiger partial charge in [0.05, 0.1) is 30.8 Å². The van der Waals surface area contributed by atoms with Gasteiger partial charge in [0.25, 0.3) is 0 Å². The van der Waals surface area contributed by atoms with E-state index in [0.717, 1.165) is 57.7 Å². The zero-order valence-corrected chi connectivity index (χ0v) is 31.5. The number of phenols is 1. The van der Waals surface area contributed by atoms with Gasteiger partial charge in [-0.05, 0) is 61.6 Å². The number of hydrogen-bond donors (Lipinski definition) is 1. The van der Waals surface area contributed by atoms with Gasteiger partial charge in [0.1, 0.15) is 11.5 Å². The number of allylic oxidation sites excluding steroid dienone is 2. The number of amides is 4. The molecule has 0 bridgehead atoms. The van der Waals surface area contributed by atoms with E-state index in [1.165, 1.54) is 18.2 Å². The molecule has 4 aliphatic heterocycles. The summed E-state index contributed by atoms with van der Waals surface area (Å²) >= 11 is 0. The maximum Gasteiger partial charge on any atom is 0.234 e. The highest BCUT2D eigenvalue weighted by molar-refractivity contribution is 6.08. The number of aromatic hydroxyl groups is 1. The van der Waals surface area contributed by atoms with E-state index < -0.39 is 29.6 Å². The monoisotopic (exact) mass is 742 g/mol. The average Bonchev–Trinajstić information content (AvgIpc) is 3.62. The van der Waals surface area contributed by atoms with Crippen molar-refractivity contribution in [2.45, 2.75) is 69.6 Å². The van der Waals surface area contributed by atoms with Crippen molar-refractivity contribution in [1.29, 1.82) is 0 Å². The quantitative estimate of drug-likeness (QED) is 0.243. The number of likely N-dealkylation sites (tertiary alicyclic amines) is 4. The first-order valence-corrected chi connectivity index (χ1v) is 20.1. The first-order chi connectivity index (χ1) is 26.8. The number of phenolic OH excluding ortho intramolecular Hbond substituents is 1. The lowest BCUT2D eigenvalue weighted by atomic mass is 9.57. The average molecular weight is 743 g/mol. The second kappa shape index (κ2) is 14.7. The number of imide groups is 2. The van der Waals surface area contributed by atoms with Gasteiger partial charge in [-0.25, -0.2) is 0 Å². The van der Waals surface area contributed by atoms with Gasteiger partial charge in [-0.2, -0.15) is 0 Å². The van der Waals surface area contributed by atoms with Crippen LogP contribution in [0.3, 0.4) is 0 Å². The van der Waals surface area contributed by atoms with E-state index in [0.29, 0.717) is 37.0 Å². The van der Waals surface area contributed by atoms with Gasteiger partial charge in [-0.3, -0.25) is 38.8 Å². The third kappa shape index (κ3) is 6.37. The van der Waals surface area contributed by atoms with Gasteiger partial charge in [0, 0.05) is 68.9 Å². The minimum atomic E-state index is -0.689. The van der Waals surface area contributed by atoms with Crippen LogP contribution in [0.15, 0.2) is 90.5 Å². The van der Waals surface area contributed by atoms with Crippen LogP contribution in [0.4, 0.5) is 0 Å². The molecule has 4 amide bonds. The molecule has 4 saturated heterocycles. The Balaban J connectivity index is 0.973. The molecule has 6 aliphatic rings. The Morgan fingerprint density at radius 2 is 1.16 bits per heavy atom. The second-order valence-corrected chi connectivity index (χ2v) is 16.5. The lowest BCUT2D eigenvalue weighted by molar-refractivity contribution is -0.146. The highest BCUT2D eigenvalue weighted by Gasteiger charge is 2.63. The SMILES string of the molecule is COc1ccc([C@H]2C3=CC[C@@H]4C(=O)N(C5CCN(Cc6ccccc6)CC5)C(=O)[C@@H]4[C@@H]3C[C@H]3C(=O)N(C4CCN(Cc5ccccc5)CC4)C(=O)[C@@H]23)c(O)c1. The Kier molecular flexibility index (Phi) is 9.58. The van der Waals surface area contributed by atoms with Crippen molar-refractivity contribution >= 4 is 23.6 Å². The highest BCUT2D eigenvalue weighted by Crippen LogP contribution is 2.59. The number of piperidine rings is 2. The van der Waals surface area contributed by atoms with Crippen molar-refractivity contribution in [3.8, 4) is 11.5 Å². The summed E-state index contributed by atoms with van der Waals surface area (Å²) in [5.74, 6) is -3.47. The van der Waals surface area contributed by atoms with Crippen LogP contribution < -0.4 is 4.74 Å². The normalized spacial score (nSPS) is 29.3. The number of fused-ring (bicyclic) bond motifs is 4. The van der Waals surface area contributed by atoms with Crippen LogP contribution in [0.1, 0.15) is 61.1 Å². The molecular formula is C45H50N4O6. The molecule has 0 spiro atoms. The molecule has 3 aromatic rings. The fourth-order valence-corrected chi connectivity index (χ4v) is 11.0. The minimum absolute atomic E-state index is 0.00240. The van der Waals surface area contributed by atoms with Crippen molar-refractivity contribution < 1.29 is 29.0 Å². The van der Waals surface area contributed by atoms with Crippen LogP contribution in [0.2, 0.25) is 0 Å². The van der Waals surface area contributed by atoms with Crippen molar-refractivity contribution in [3.63, 3.8) is 0 Å². The number of benzene rings is 3. The van der Waals surface area contributed by atoms with Gasteiger partial charge in [0.15, 0.2) is 0 Å². The van der Waals surface area contributed by atoms with Crippen molar-refractivity contribution in [2.75, 3.05) is 33.3 Å². The van der Waals surface area contributed by atoms with Gasteiger partial charge >= 0.3 is 0 Å². The van der Waals surface area contributed by atoms with Gasteiger partial charge < -0.3 is 9.84 Å². The fourth-order valence-electron chi connectivity index (χ4n) is 11.0. The molecule has 55 heavy (non-hydrogen) atoms. The Labute approximate surface area is 322 Å². The molecule has 10 nitrogen and oxygen atoms in total. The largest absolute Gasteiger partial charge is 0.508 e. The molecule has 1 N–H and O–H groups in total. The van der Waals surface area contributed by atoms with E-state index in [2.05, 4.69) is 40.1 Å². The summed E-state index contributed by atoms with van der Waals surface area (Å²) in [5, 5.41) is 11.5. The zero-order valence-electron chi connectivity index (χ0n) is 31.5. The molecule has 1 saturated carbocycles. The van der Waals surface area contributed by atoms with Crippen LogP contribution in [-0.2, 0) is 32.3 Å². The Morgan fingerprint density at radius 3 is 1.69 bits per heavy atom. The van der Waals surface area contributed by atoms with Crippen molar-refractivity contribution in [3.05, 3.63) is 107 Å². The summed E-state index contributed by atoms with van der Waals surface area (Å²) in [4.78, 5) is 66.0. The molecule has 9 rings (SSSR count). The zero-order chi connectivity index (χ0) is 37.8. The van der Waals surface area contributed by atoms with Crippen molar-refractivity contribution in [1.82, 2.24) is 19.6 Å². The van der Waals surface area contributed by atoms with E-state index in [1.807, 2.05) is 36.4 Å². The molecule has 0 radical (unpaired) electrons. The van der Waals surface area contributed by atoms with Gasteiger partial charge in [0.2, 0.25) is 23.6 Å². The predicted molar refractivity (Wildman–Crippen MR) is 205 cm³/mol. The van der Waals surface area contributed by atoms with E-state index in [9.17, 15) is 24.3 Å². The first-order valence-electron chi connectivity index (χ1n) is 20.1. The van der Waals surface area contributed by atoms with Crippen molar-refractivity contribution in [2.24, 2.45) is 29.6 Å². The number of nitrogens with zero attached hydrogens (tertiary/aromatic N) is 4. The summed E-state index contributed by atoms with van der Waals surface area (Å²) < 4.78 is 5.40. The van der Waals surface area contributed by atoms with Crippen LogP contribution in [0.5, 0.6) is 11.5 Å². The summed E-state index contributed by atoms with van der Waals surface area (Å²) in [6.45, 7) is 4.84. The van der Waals surface area contributed by atoms with Crippen LogP contribution in [0, 0.1) is 29.6 Å². The van der Waals surface area contributed by atoms with Crippen LogP contribution in [0.25, 0.3) is 0 Å². The fraction of sp³-hybridized carbons (Fsp3) is 0.467.